The quantitative estimate of drug-likeness (QED) is 0.548. The number of aromatic amines is 1. The lowest BCUT2D eigenvalue weighted by atomic mass is 10.0. The molecule has 1 atom stereocenters. The minimum absolute atomic E-state index is 0.117. The Morgan fingerprint density at radius 1 is 1.10 bits per heavy atom. The standard InChI is InChI=1S/C16H11NO3S/c18-16-13-4-2-1-3-12(13)14-8-9-7-10(21(19)20)5-6-11(9)15(14)17-16/h1-7H,8H2,(H,17,18)(H,19,20)/p-1. The highest BCUT2D eigenvalue weighted by Gasteiger charge is 2.22. The van der Waals surface area contributed by atoms with Gasteiger partial charge in [-0.25, -0.2) is 0 Å². The molecule has 4 rings (SSSR count). The SMILES string of the molecule is O=c1[nH]c2c(c3ccccc13)Cc1cc(S(=O)[O-])ccc1-2. The summed E-state index contributed by atoms with van der Waals surface area (Å²) in [5.41, 5.74) is 3.57. The largest absolute Gasteiger partial charge is 0.768 e. The van der Waals surface area contributed by atoms with E-state index in [0.717, 1.165) is 27.8 Å². The van der Waals surface area contributed by atoms with Crippen LogP contribution in [0.5, 0.6) is 0 Å². The van der Waals surface area contributed by atoms with E-state index in [-0.39, 0.29) is 10.5 Å². The van der Waals surface area contributed by atoms with E-state index in [1.165, 1.54) is 0 Å². The zero-order valence-electron chi connectivity index (χ0n) is 10.9. The summed E-state index contributed by atoms with van der Waals surface area (Å²) in [7, 11) is 0. The molecule has 21 heavy (non-hydrogen) atoms. The van der Waals surface area contributed by atoms with Gasteiger partial charge in [-0.15, -0.1) is 0 Å². The molecule has 1 aliphatic carbocycles. The highest BCUT2D eigenvalue weighted by Crippen LogP contribution is 2.38. The molecule has 1 aliphatic rings. The molecule has 1 heterocycles. The van der Waals surface area contributed by atoms with Crippen LogP contribution in [0.2, 0.25) is 0 Å². The molecule has 0 bridgehead atoms. The van der Waals surface area contributed by atoms with Crippen LogP contribution in [0.3, 0.4) is 0 Å². The summed E-state index contributed by atoms with van der Waals surface area (Å²) in [6.45, 7) is 0. The smallest absolute Gasteiger partial charge is 0.256 e. The minimum Gasteiger partial charge on any atom is -0.768 e. The van der Waals surface area contributed by atoms with Crippen molar-refractivity contribution in [1.29, 1.82) is 0 Å². The van der Waals surface area contributed by atoms with Crippen LogP contribution < -0.4 is 5.56 Å². The molecule has 0 saturated carbocycles. The van der Waals surface area contributed by atoms with Crippen LogP contribution in [-0.4, -0.2) is 13.7 Å². The van der Waals surface area contributed by atoms with E-state index in [9.17, 15) is 13.6 Å². The molecule has 0 fully saturated rings. The van der Waals surface area contributed by atoms with Crippen molar-refractivity contribution in [2.24, 2.45) is 0 Å². The fourth-order valence-corrected chi connectivity index (χ4v) is 3.42. The van der Waals surface area contributed by atoms with Crippen LogP contribution in [0.15, 0.2) is 52.2 Å². The number of rotatable bonds is 1. The Balaban J connectivity index is 2.03. The van der Waals surface area contributed by atoms with Crippen molar-refractivity contribution in [1.82, 2.24) is 4.98 Å². The van der Waals surface area contributed by atoms with E-state index in [1.54, 1.807) is 24.3 Å². The highest BCUT2D eigenvalue weighted by molar-refractivity contribution is 7.79. The second kappa shape index (κ2) is 4.38. The van der Waals surface area contributed by atoms with Crippen LogP contribution in [0, 0.1) is 0 Å². The fraction of sp³-hybridized carbons (Fsp3) is 0.0625. The summed E-state index contributed by atoms with van der Waals surface area (Å²) in [5.74, 6) is 0. The molecule has 0 aliphatic heterocycles. The second-order valence-electron chi connectivity index (χ2n) is 5.08. The van der Waals surface area contributed by atoms with Gasteiger partial charge in [-0.3, -0.25) is 9.00 Å². The molecule has 5 heteroatoms. The maximum absolute atomic E-state index is 12.2. The van der Waals surface area contributed by atoms with Crippen LogP contribution in [0.25, 0.3) is 22.0 Å². The molecule has 2 aromatic carbocycles. The van der Waals surface area contributed by atoms with Gasteiger partial charge >= 0.3 is 0 Å². The molecule has 0 saturated heterocycles. The van der Waals surface area contributed by atoms with E-state index in [2.05, 4.69) is 4.98 Å². The van der Waals surface area contributed by atoms with Gasteiger partial charge in [-0.1, -0.05) is 24.3 Å². The lowest BCUT2D eigenvalue weighted by Gasteiger charge is -2.07. The first-order chi connectivity index (χ1) is 10.1. The van der Waals surface area contributed by atoms with E-state index in [1.807, 2.05) is 18.2 Å². The predicted molar refractivity (Wildman–Crippen MR) is 80.0 cm³/mol. The maximum Gasteiger partial charge on any atom is 0.256 e. The van der Waals surface area contributed by atoms with Crippen molar-refractivity contribution >= 4 is 21.9 Å². The lowest BCUT2D eigenvalue weighted by Crippen LogP contribution is -2.08. The molecule has 0 amide bonds. The summed E-state index contributed by atoms with van der Waals surface area (Å²) in [5, 5.41) is 1.59. The normalized spacial score (nSPS) is 14.0. The average molecular weight is 296 g/mol. The number of aromatic nitrogens is 1. The lowest BCUT2D eigenvalue weighted by molar-refractivity contribution is 0.537. The monoisotopic (exact) mass is 296 g/mol. The summed E-state index contributed by atoms with van der Waals surface area (Å²) < 4.78 is 22.2. The Labute approximate surface area is 122 Å². The first-order valence-corrected chi connectivity index (χ1v) is 7.59. The Kier molecular flexibility index (Phi) is 2.60. The molecule has 1 aromatic heterocycles. The van der Waals surface area contributed by atoms with Gasteiger partial charge in [-0.05, 0) is 45.8 Å². The molecule has 1 N–H and O–H groups in total. The Morgan fingerprint density at radius 2 is 1.86 bits per heavy atom. The summed E-state index contributed by atoms with van der Waals surface area (Å²) in [4.78, 5) is 15.4. The zero-order chi connectivity index (χ0) is 14.6. The minimum atomic E-state index is -2.24. The van der Waals surface area contributed by atoms with Crippen LogP contribution in [0.1, 0.15) is 11.1 Å². The Hall–Kier alpha value is -2.24. The third-order valence-corrected chi connectivity index (χ3v) is 4.58. The van der Waals surface area contributed by atoms with Crippen LogP contribution >= 0.6 is 0 Å². The third kappa shape index (κ3) is 1.78. The number of hydrogen-bond acceptors (Lipinski definition) is 3. The summed E-state index contributed by atoms with van der Waals surface area (Å²) >= 11 is -2.24. The second-order valence-corrected chi connectivity index (χ2v) is 6.02. The zero-order valence-corrected chi connectivity index (χ0v) is 11.7. The first-order valence-electron chi connectivity index (χ1n) is 6.51. The number of nitrogens with one attached hydrogen (secondary N) is 1. The van der Waals surface area contributed by atoms with Crippen molar-refractivity contribution in [3.05, 3.63) is 63.9 Å². The van der Waals surface area contributed by atoms with Gasteiger partial charge in [0.1, 0.15) is 0 Å². The van der Waals surface area contributed by atoms with Gasteiger partial charge in [0.2, 0.25) is 0 Å². The van der Waals surface area contributed by atoms with Gasteiger partial charge in [0.25, 0.3) is 5.56 Å². The topological polar surface area (TPSA) is 73.0 Å². The van der Waals surface area contributed by atoms with E-state index >= 15 is 0 Å². The van der Waals surface area contributed by atoms with Crippen LogP contribution in [-0.2, 0) is 17.5 Å². The van der Waals surface area contributed by atoms with E-state index < -0.39 is 11.1 Å². The number of fused-ring (bicyclic) bond motifs is 5. The van der Waals surface area contributed by atoms with Gasteiger partial charge < -0.3 is 9.54 Å². The van der Waals surface area contributed by atoms with Gasteiger partial charge in [0, 0.05) is 22.3 Å². The number of pyridine rings is 1. The highest BCUT2D eigenvalue weighted by atomic mass is 32.2. The Morgan fingerprint density at radius 3 is 2.62 bits per heavy atom. The first kappa shape index (κ1) is 12.5. The van der Waals surface area contributed by atoms with Gasteiger partial charge in [0.05, 0.1) is 5.69 Å². The molecule has 4 nitrogen and oxygen atoms in total. The summed E-state index contributed by atoms with van der Waals surface area (Å²) in [6.07, 6.45) is 0.632. The molecule has 0 radical (unpaired) electrons. The number of hydrogen-bond donors (Lipinski definition) is 1. The van der Waals surface area contributed by atoms with Crippen molar-refractivity contribution in [2.45, 2.75) is 11.3 Å². The average Bonchev–Trinajstić information content (AvgIpc) is 2.85. The molecular formula is C16H10NO3S-. The van der Waals surface area contributed by atoms with Crippen molar-refractivity contribution in [3.8, 4) is 11.3 Å². The number of H-pyrrole nitrogens is 1. The van der Waals surface area contributed by atoms with Crippen LogP contribution in [0.4, 0.5) is 0 Å². The maximum atomic E-state index is 12.2. The van der Waals surface area contributed by atoms with Crippen molar-refractivity contribution in [3.63, 3.8) is 0 Å². The van der Waals surface area contributed by atoms with E-state index in [4.69, 9.17) is 0 Å². The molecule has 3 aromatic rings. The van der Waals surface area contributed by atoms with Crippen molar-refractivity contribution < 1.29 is 8.76 Å². The predicted octanol–water partition coefficient (Wildman–Crippen LogP) is 2.34. The summed E-state index contributed by atoms with van der Waals surface area (Å²) in [6, 6.07) is 12.5. The third-order valence-electron chi connectivity index (χ3n) is 3.94. The van der Waals surface area contributed by atoms with Gasteiger partial charge in [-0.2, -0.15) is 0 Å². The molecule has 1 unspecified atom stereocenters. The molecular weight excluding hydrogens is 286 g/mol. The Bertz CT molecular complexity index is 975. The van der Waals surface area contributed by atoms with Gasteiger partial charge in [0.15, 0.2) is 0 Å². The van der Waals surface area contributed by atoms with E-state index in [0.29, 0.717) is 11.8 Å². The van der Waals surface area contributed by atoms with Crippen molar-refractivity contribution in [2.75, 3.05) is 0 Å². The molecule has 104 valence electrons. The fourth-order valence-electron chi connectivity index (χ4n) is 3.00. The number of benzene rings is 2. The molecule has 0 spiro atoms.